The fourth-order valence-corrected chi connectivity index (χ4v) is 2.51. The lowest BCUT2D eigenvalue weighted by molar-refractivity contribution is -0.0168. The normalized spacial score (nSPS) is 24.3. The maximum Gasteiger partial charge on any atom is 0.186 e. The van der Waals surface area contributed by atoms with Crippen LogP contribution in [0.4, 0.5) is 0 Å². The number of hydrogen-bond donors (Lipinski definition) is 0. The Kier molecular flexibility index (Phi) is 5.14. The van der Waals surface area contributed by atoms with Gasteiger partial charge < -0.3 is 9.55 Å². The Morgan fingerprint density at radius 1 is 1.40 bits per heavy atom. The topological polar surface area (TPSA) is 12.5 Å². The third-order valence-electron chi connectivity index (χ3n) is 3.72. The van der Waals surface area contributed by atoms with Gasteiger partial charge in [-0.15, -0.1) is 0 Å². The van der Waals surface area contributed by atoms with Crippen LogP contribution in [0.25, 0.3) is 0 Å². The maximum atomic E-state index is 5.60. The van der Waals surface area contributed by atoms with Crippen molar-refractivity contribution in [2.45, 2.75) is 52.5 Å². The number of morpholine rings is 1. The molecule has 0 aromatic carbocycles. The summed E-state index contributed by atoms with van der Waals surface area (Å²) in [5.74, 6) is 0. The lowest BCUT2D eigenvalue weighted by Gasteiger charge is -2.43. The van der Waals surface area contributed by atoms with Crippen LogP contribution in [0, 0.1) is 5.41 Å². The highest BCUT2D eigenvalue weighted by atomic mass is 16.5. The van der Waals surface area contributed by atoms with Gasteiger partial charge in [-0.25, -0.2) is 0 Å². The monoisotopic (exact) mass is 211 g/mol. The Balaban J connectivity index is 2.43. The summed E-state index contributed by atoms with van der Waals surface area (Å²) in [5, 5.41) is 0. The first-order chi connectivity index (χ1) is 7.08. The van der Waals surface area contributed by atoms with Crippen molar-refractivity contribution < 1.29 is 4.74 Å². The zero-order chi connectivity index (χ0) is 11.3. The van der Waals surface area contributed by atoms with Crippen LogP contribution in [0.2, 0.25) is 0 Å². The van der Waals surface area contributed by atoms with Gasteiger partial charge in [0.2, 0.25) is 0 Å². The Labute approximate surface area is 95.8 Å². The second-order valence-corrected chi connectivity index (χ2v) is 5.52. The van der Waals surface area contributed by atoms with Gasteiger partial charge in [0.25, 0.3) is 0 Å². The molecule has 1 heterocycles. The van der Waals surface area contributed by atoms with E-state index in [1.807, 2.05) is 0 Å². The molecule has 0 amide bonds. The van der Waals surface area contributed by atoms with Crippen LogP contribution in [-0.2, 0) is 4.74 Å². The average Bonchev–Trinajstić information content (AvgIpc) is 2.18. The molecular formula is C12H26BNO. The van der Waals surface area contributed by atoms with Crippen LogP contribution in [0.1, 0.15) is 46.5 Å². The summed E-state index contributed by atoms with van der Waals surface area (Å²) in [6.45, 7) is 9.94. The summed E-state index contributed by atoms with van der Waals surface area (Å²) >= 11 is 0. The third kappa shape index (κ3) is 3.80. The molecule has 15 heavy (non-hydrogen) atoms. The van der Waals surface area contributed by atoms with Crippen molar-refractivity contribution in [3.8, 4) is 0 Å². The smallest absolute Gasteiger partial charge is 0.186 e. The van der Waals surface area contributed by atoms with E-state index in [1.165, 1.54) is 25.7 Å². The molecule has 88 valence electrons. The van der Waals surface area contributed by atoms with E-state index in [-0.39, 0.29) is 0 Å². The molecular weight excluding hydrogens is 185 g/mol. The molecule has 0 N–H and O–H groups in total. The van der Waals surface area contributed by atoms with Crippen molar-refractivity contribution in [2.75, 3.05) is 19.8 Å². The maximum absolute atomic E-state index is 5.60. The van der Waals surface area contributed by atoms with Crippen molar-refractivity contribution in [1.82, 2.24) is 4.81 Å². The van der Waals surface area contributed by atoms with Gasteiger partial charge in [0.15, 0.2) is 7.98 Å². The van der Waals surface area contributed by atoms with Crippen LogP contribution in [0.3, 0.4) is 0 Å². The van der Waals surface area contributed by atoms with Crippen molar-refractivity contribution >= 4 is 7.98 Å². The van der Waals surface area contributed by atoms with Gasteiger partial charge in [0, 0.05) is 12.6 Å². The summed E-state index contributed by atoms with van der Waals surface area (Å²) in [7, 11) is 2.23. The molecule has 2 nitrogen and oxygen atoms in total. The van der Waals surface area contributed by atoms with Crippen LogP contribution >= 0.6 is 0 Å². The highest BCUT2D eigenvalue weighted by Gasteiger charge is 2.33. The van der Waals surface area contributed by atoms with E-state index >= 15 is 0 Å². The van der Waals surface area contributed by atoms with Gasteiger partial charge in [0.1, 0.15) is 0 Å². The molecule has 0 aromatic rings. The Hall–Kier alpha value is -0.0151. The second kappa shape index (κ2) is 5.90. The van der Waals surface area contributed by atoms with Crippen LogP contribution < -0.4 is 0 Å². The minimum atomic E-state index is 0.393. The first kappa shape index (κ1) is 13.1. The minimum absolute atomic E-state index is 0.393. The standard InChI is InChI=1S/C12H26BNO/c1-4-5-6-7-12(2,3)11-10-15-9-8-14(11)13/h11H,4-10,13H2,1-3H3. The average molecular weight is 211 g/mol. The number of rotatable bonds is 5. The van der Waals surface area contributed by atoms with Crippen molar-refractivity contribution in [2.24, 2.45) is 5.41 Å². The van der Waals surface area contributed by atoms with Crippen molar-refractivity contribution in [1.29, 1.82) is 0 Å². The van der Waals surface area contributed by atoms with E-state index in [4.69, 9.17) is 4.74 Å². The minimum Gasteiger partial charge on any atom is -0.379 e. The molecule has 0 aromatic heterocycles. The Morgan fingerprint density at radius 3 is 2.73 bits per heavy atom. The summed E-state index contributed by atoms with van der Waals surface area (Å²) in [4.78, 5) is 2.47. The van der Waals surface area contributed by atoms with Gasteiger partial charge >= 0.3 is 0 Å². The number of hydrogen-bond acceptors (Lipinski definition) is 2. The number of nitrogens with zero attached hydrogens (tertiary/aromatic N) is 1. The predicted octanol–water partition coefficient (Wildman–Crippen LogP) is 1.84. The molecule has 3 heteroatoms. The van der Waals surface area contributed by atoms with Crippen LogP contribution in [0.15, 0.2) is 0 Å². The molecule has 1 atom stereocenters. The quantitative estimate of drug-likeness (QED) is 0.508. The molecule has 1 aliphatic heterocycles. The van der Waals surface area contributed by atoms with Gasteiger partial charge in [0.05, 0.1) is 13.2 Å². The van der Waals surface area contributed by atoms with E-state index in [0.29, 0.717) is 11.5 Å². The fourth-order valence-electron chi connectivity index (χ4n) is 2.51. The molecule has 0 bridgehead atoms. The van der Waals surface area contributed by atoms with E-state index in [9.17, 15) is 0 Å². The molecule has 0 spiro atoms. The molecule has 1 aliphatic rings. The van der Waals surface area contributed by atoms with Crippen LogP contribution in [-0.4, -0.2) is 38.6 Å². The lowest BCUT2D eigenvalue weighted by Crippen LogP contribution is -2.51. The summed E-state index contributed by atoms with van der Waals surface area (Å²) in [5.41, 5.74) is 0.393. The van der Waals surface area contributed by atoms with E-state index in [1.54, 1.807) is 0 Å². The zero-order valence-corrected chi connectivity index (χ0v) is 10.9. The third-order valence-corrected chi connectivity index (χ3v) is 3.72. The molecule has 0 radical (unpaired) electrons. The highest BCUT2D eigenvalue weighted by molar-refractivity contribution is 6.04. The van der Waals surface area contributed by atoms with E-state index in [2.05, 4.69) is 33.6 Å². The van der Waals surface area contributed by atoms with E-state index < -0.39 is 0 Å². The summed E-state index contributed by atoms with van der Waals surface area (Å²) in [6, 6.07) is 0.600. The first-order valence-corrected chi connectivity index (χ1v) is 6.36. The van der Waals surface area contributed by atoms with Crippen molar-refractivity contribution in [3.05, 3.63) is 0 Å². The SMILES string of the molecule is BN1CCOCC1C(C)(C)CCCCC. The molecule has 1 fully saturated rings. The summed E-state index contributed by atoms with van der Waals surface area (Å²) < 4.78 is 5.60. The van der Waals surface area contributed by atoms with Gasteiger partial charge in [-0.2, -0.15) is 0 Å². The zero-order valence-electron chi connectivity index (χ0n) is 10.9. The summed E-state index contributed by atoms with van der Waals surface area (Å²) in [6.07, 6.45) is 5.35. The largest absolute Gasteiger partial charge is 0.379 e. The van der Waals surface area contributed by atoms with Gasteiger partial charge in [-0.05, 0) is 11.8 Å². The Bertz CT molecular complexity index is 184. The van der Waals surface area contributed by atoms with E-state index in [0.717, 1.165) is 19.8 Å². The van der Waals surface area contributed by atoms with Crippen LogP contribution in [0.5, 0.6) is 0 Å². The number of ether oxygens (including phenoxy) is 1. The number of unbranched alkanes of at least 4 members (excludes halogenated alkanes) is 2. The molecule has 1 rings (SSSR count). The van der Waals surface area contributed by atoms with Gasteiger partial charge in [-0.1, -0.05) is 40.0 Å². The van der Waals surface area contributed by atoms with Crippen molar-refractivity contribution in [3.63, 3.8) is 0 Å². The first-order valence-electron chi connectivity index (χ1n) is 6.36. The lowest BCUT2D eigenvalue weighted by atomic mass is 9.77. The second-order valence-electron chi connectivity index (χ2n) is 5.52. The van der Waals surface area contributed by atoms with Gasteiger partial charge in [-0.3, -0.25) is 0 Å². The Morgan fingerprint density at radius 2 is 2.13 bits per heavy atom. The molecule has 0 aliphatic carbocycles. The highest BCUT2D eigenvalue weighted by Crippen LogP contribution is 2.32. The molecule has 0 saturated carbocycles. The predicted molar refractivity (Wildman–Crippen MR) is 67.8 cm³/mol. The fraction of sp³-hybridized carbons (Fsp3) is 1.00. The molecule has 1 saturated heterocycles. The molecule has 1 unspecified atom stereocenters.